The summed E-state index contributed by atoms with van der Waals surface area (Å²) < 4.78 is 16.0. The molecule has 0 aliphatic carbocycles. The van der Waals surface area contributed by atoms with Crippen LogP contribution in [0.4, 0.5) is 0 Å². The van der Waals surface area contributed by atoms with Crippen molar-refractivity contribution < 1.29 is 28.5 Å². The number of esters is 1. The number of rotatable bonds is 5. The van der Waals surface area contributed by atoms with Crippen LogP contribution in [0.15, 0.2) is 42.7 Å². The van der Waals surface area contributed by atoms with E-state index in [1.54, 1.807) is 19.1 Å². The Bertz CT molecular complexity index is 790. The third-order valence-electron chi connectivity index (χ3n) is 3.65. The van der Waals surface area contributed by atoms with Crippen LogP contribution in [-0.2, 0) is 9.53 Å². The van der Waals surface area contributed by atoms with Crippen LogP contribution < -0.4 is 19.5 Å². The van der Waals surface area contributed by atoms with Gasteiger partial charge in [0, 0.05) is 12.1 Å². The molecule has 8 nitrogen and oxygen atoms in total. The van der Waals surface area contributed by atoms with E-state index in [0.29, 0.717) is 16.2 Å². The average Bonchev–Trinajstić information content (AvgIpc) is 3.08. The first-order valence-corrected chi connectivity index (χ1v) is 7.58. The number of hydrogen-bond donors (Lipinski definition) is 1. The highest BCUT2D eigenvalue weighted by molar-refractivity contribution is 5.91. The summed E-state index contributed by atoms with van der Waals surface area (Å²) in [5.74, 6) is 0.183. The Morgan fingerprint density at radius 1 is 1.24 bits per heavy atom. The number of ether oxygens (including phenoxy) is 3. The van der Waals surface area contributed by atoms with Gasteiger partial charge in [-0.15, -0.1) is 0 Å². The van der Waals surface area contributed by atoms with E-state index in [-0.39, 0.29) is 18.4 Å². The van der Waals surface area contributed by atoms with Crippen LogP contribution in [0.1, 0.15) is 28.9 Å². The molecule has 0 unspecified atom stereocenters. The van der Waals surface area contributed by atoms with Crippen LogP contribution in [0, 0.1) is 5.21 Å². The molecule has 3 rings (SSSR count). The molecule has 8 heteroatoms. The monoisotopic (exact) mass is 344 g/mol. The third kappa shape index (κ3) is 3.97. The van der Waals surface area contributed by atoms with Gasteiger partial charge in [0.05, 0.1) is 11.6 Å². The largest absolute Gasteiger partial charge is 0.619 e. The quantitative estimate of drug-likeness (QED) is 0.495. The van der Waals surface area contributed by atoms with Crippen molar-refractivity contribution in [2.75, 3.05) is 13.4 Å². The molecule has 2 aromatic rings. The lowest BCUT2D eigenvalue weighted by atomic mass is 10.1. The number of nitrogens with zero attached hydrogens (tertiary/aromatic N) is 1. The number of aromatic nitrogens is 1. The molecule has 130 valence electrons. The minimum absolute atomic E-state index is 0.182. The van der Waals surface area contributed by atoms with Gasteiger partial charge in [0.1, 0.15) is 0 Å². The van der Waals surface area contributed by atoms with Gasteiger partial charge in [0.25, 0.3) is 5.91 Å². The normalized spacial score (nSPS) is 13.2. The van der Waals surface area contributed by atoms with Crippen LogP contribution in [0.2, 0.25) is 0 Å². The highest BCUT2D eigenvalue weighted by Crippen LogP contribution is 2.34. The molecule has 0 radical (unpaired) electrons. The fraction of sp³-hybridized carbons (Fsp3) is 0.235. The van der Waals surface area contributed by atoms with Gasteiger partial charge in [-0.05, 0) is 24.6 Å². The maximum absolute atomic E-state index is 12.0. The van der Waals surface area contributed by atoms with Crippen molar-refractivity contribution in [1.29, 1.82) is 0 Å². The minimum Gasteiger partial charge on any atom is -0.619 e. The fourth-order valence-corrected chi connectivity index (χ4v) is 2.31. The smallest absolute Gasteiger partial charge is 0.339 e. The number of carbonyl (C=O) groups is 2. The van der Waals surface area contributed by atoms with Crippen molar-refractivity contribution in [3.8, 4) is 11.5 Å². The van der Waals surface area contributed by atoms with Gasteiger partial charge >= 0.3 is 5.97 Å². The Balaban J connectivity index is 1.52. The Morgan fingerprint density at radius 2 is 1.96 bits per heavy atom. The second-order valence-corrected chi connectivity index (χ2v) is 5.42. The highest BCUT2D eigenvalue weighted by Gasteiger charge is 2.17. The predicted octanol–water partition coefficient (Wildman–Crippen LogP) is 1.08. The lowest BCUT2D eigenvalue weighted by molar-refractivity contribution is -0.605. The summed E-state index contributed by atoms with van der Waals surface area (Å²) in [6.07, 6.45) is 2.36. The molecule has 0 spiro atoms. The number of benzene rings is 1. The summed E-state index contributed by atoms with van der Waals surface area (Å²) >= 11 is 0. The second-order valence-electron chi connectivity index (χ2n) is 5.42. The van der Waals surface area contributed by atoms with E-state index in [4.69, 9.17) is 14.2 Å². The molecule has 1 N–H and O–H groups in total. The van der Waals surface area contributed by atoms with E-state index in [9.17, 15) is 14.8 Å². The third-order valence-corrected chi connectivity index (χ3v) is 3.65. The fourth-order valence-electron chi connectivity index (χ4n) is 2.31. The van der Waals surface area contributed by atoms with Gasteiger partial charge in [-0.1, -0.05) is 6.07 Å². The summed E-state index contributed by atoms with van der Waals surface area (Å²) in [6, 6.07) is 7.74. The molecule has 1 amide bonds. The maximum atomic E-state index is 12.0. The lowest BCUT2D eigenvalue weighted by Crippen LogP contribution is -2.31. The van der Waals surface area contributed by atoms with Crippen molar-refractivity contribution in [3.63, 3.8) is 0 Å². The topological polar surface area (TPSA) is 101 Å². The number of fused-ring (bicyclic) bond motifs is 1. The summed E-state index contributed by atoms with van der Waals surface area (Å²) in [4.78, 5) is 23.8. The van der Waals surface area contributed by atoms with Crippen molar-refractivity contribution in [1.82, 2.24) is 5.32 Å². The molecule has 25 heavy (non-hydrogen) atoms. The first-order valence-electron chi connectivity index (χ1n) is 7.58. The summed E-state index contributed by atoms with van der Waals surface area (Å²) in [7, 11) is 0. The highest BCUT2D eigenvalue weighted by atomic mass is 16.7. The first kappa shape index (κ1) is 16.6. The van der Waals surface area contributed by atoms with Crippen molar-refractivity contribution in [2.24, 2.45) is 0 Å². The summed E-state index contributed by atoms with van der Waals surface area (Å²) in [5, 5.41) is 13.7. The predicted molar refractivity (Wildman–Crippen MR) is 84.8 cm³/mol. The molecule has 1 aliphatic rings. The zero-order valence-corrected chi connectivity index (χ0v) is 13.4. The van der Waals surface area contributed by atoms with Crippen LogP contribution in [0.3, 0.4) is 0 Å². The lowest BCUT2D eigenvalue weighted by Gasteiger charge is -2.15. The molecule has 0 bridgehead atoms. The summed E-state index contributed by atoms with van der Waals surface area (Å²) in [5.41, 5.74) is 1.04. The molecule has 1 aliphatic heterocycles. The Labute approximate surface area is 143 Å². The molecule has 1 aromatic carbocycles. The first-order chi connectivity index (χ1) is 12.0. The van der Waals surface area contributed by atoms with Gasteiger partial charge in [0.15, 0.2) is 30.5 Å². The SMILES string of the molecule is C[C@H](NC(=O)COC(=O)c1cc[n+]([O-])cc1)c1ccc2c(c1)OCO2. The van der Waals surface area contributed by atoms with Gasteiger partial charge in [-0.25, -0.2) is 4.79 Å². The molecular weight excluding hydrogens is 328 g/mol. The van der Waals surface area contributed by atoms with E-state index in [1.165, 1.54) is 24.5 Å². The van der Waals surface area contributed by atoms with Gasteiger partial charge in [-0.3, -0.25) is 4.79 Å². The van der Waals surface area contributed by atoms with E-state index in [0.717, 1.165) is 5.56 Å². The average molecular weight is 344 g/mol. The van der Waals surface area contributed by atoms with Crippen molar-refractivity contribution in [3.05, 3.63) is 59.1 Å². The minimum atomic E-state index is -0.675. The Kier molecular flexibility index (Phi) is 4.69. The molecular formula is C17H16N2O6. The summed E-state index contributed by atoms with van der Waals surface area (Å²) in [6.45, 7) is 1.57. The van der Waals surface area contributed by atoms with E-state index in [2.05, 4.69) is 5.32 Å². The number of nitrogens with one attached hydrogen (secondary N) is 1. The molecule has 2 heterocycles. The van der Waals surface area contributed by atoms with Gasteiger partial charge in [-0.2, -0.15) is 4.73 Å². The van der Waals surface area contributed by atoms with Gasteiger partial charge in [0.2, 0.25) is 6.79 Å². The molecule has 0 fully saturated rings. The zero-order valence-electron chi connectivity index (χ0n) is 13.4. The number of pyridine rings is 1. The molecule has 1 atom stereocenters. The number of amides is 1. The van der Waals surface area contributed by atoms with E-state index >= 15 is 0 Å². The zero-order chi connectivity index (χ0) is 17.8. The maximum Gasteiger partial charge on any atom is 0.339 e. The second kappa shape index (κ2) is 7.08. The molecule has 0 saturated heterocycles. The van der Waals surface area contributed by atoms with Crippen LogP contribution >= 0.6 is 0 Å². The van der Waals surface area contributed by atoms with Crippen LogP contribution in [-0.4, -0.2) is 25.3 Å². The Morgan fingerprint density at radius 3 is 2.72 bits per heavy atom. The number of hydrogen-bond acceptors (Lipinski definition) is 6. The van der Waals surface area contributed by atoms with Gasteiger partial charge < -0.3 is 24.7 Å². The van der Waals surface area contributed by atoms with Crippen LogP contribution in [0.25, 0.3) is 0 Å². The standard InChI is InChI=1S/C17H16N2O6/c1-11(13-2-3-14-15(8-13)25-10-24-14)18-16(20)9-23-17(21)12-4-6-19(22)7-5-12/h2-8,11H,9-10H2,1H3,(H,18,20)/t11-/m0/s1. The van der Waals surface area contributed by atoms with E-state index in [1.807, 2.05) is 6.07 Å². The number of carbonyl (C=O) groups excluding carboxylic acids is 2. The van der Waals surface area contributed by atoms with Crippen LogP contribution in [0.5, 0.6) is 11.5 Å². The molecule has 1 aromatic heterocycles. The Hall–Kier alpha value is -3.29. The van der Waals surface area contributed by atoms with E-state index < -0.39 is 18.5 Å². The molecule has 0 saturated carbocycles. The van der Waals surface area contributed by atoms with Crippen molar-refractivity contribution >= 4 is 11.9 Å². The van der Waals surface area contributed by atoms with Crippen molar-refractivity contribution in [2.45, 2.75) is 13.0 Å².